The van der Waals surface area contributed by atoms with Crippen molar-refractivity contribution in [2.24, 2.45) is 5.10 Å². The molecule has 0 radical (unpaired) electrons. The molecule has 2 aromatic carbocycles. The Kier molecular flexibility index (Phi) is 6.88. The number of hydrogen-bond donors (Lipinski definition) is 0. The maximum atomic E-state index is 13.2. The summed E-state index contributed by atoms with van der Waals surface area (Å²) in [4.78, 5) is 26.3. The molecule has 2 aromatic rings. The Balaban J connectivity index is 1.98. The van der Waals surface area contributed by atoms with Crippen molar-refractivity contribution >= 4 is 25.8 Å². The van der Waals surface area contributed by atoms with Gasteiger partial charge in [-0.3, -0.25) is 0 Å². The molecule has 0 aliphatic carbocycles. The maximum Gasteiger partial charge on any atom is 0.430 e. The first-order valence-corrected chi connectivity index (χ1v) is 14.4. The number of hydrazone groups is 1. The van der Waals surface area contributed by atoms with E-state index >= 15 is 0 Å². The summed E-state index contributed by atoms with van der Waals surface area (Å²) in [5, 5.41) is 5.91. The lowest BCUT2D eigenvalue weighted by Crippen LogP contribution is -2.52. The highest BCUT2D eigenvalue weighted by molar-refractivity contribution is 6.78. The van der Waals surface area contributed by atoms with Crippen molar-refractivity contribution < 1.29 is 19.1 Å². The van der Waals surface area contributed by atoms with Gasteiger partial charge in [-0.25, -0.2) is 9.59 Å². The summed E-state index contributed by atoms with van der Waals surface area (Å²) in [7, 11) is -2.05. The molecule has 0 spiro atoms. The van der Waals surface area contributed by atoms with E-state index in [1.807, 2.05) is 81.4 Å². The molecule has 0 N–H and O–H groups in total. The predicted octanol–water partition coefficient (Wildman–Crippen LogP) is 5.37. The molecule has 6 nitrogen and oxygen atoms in total. The summed E-state index contributed by atoms with van der Waals surface area (Å²) < 4.78 is 11.3. The van der Waals surface area contributed by atoms with Gasteiger partial charge in [-0.2, -0.15) is 10.1 Å². The van der Waals surface area contributed by atoms with Crippen LogP contribution in [0.5, 0.6) is 0 Å². The first kappa shape index (κ1) is 23.7. The molecule has 0 saturated heterocycles. The van der Waals surface area contributed by atoms with E-state index in [4.69, 9.17) is 9.47 Å². The summed E-state index contributed by atoms with van der Waals surface area (Å²) >= 11 is 0. The Morgan fingerprint density at radius 2 is 1.53 bits per heavy atom. The van der Waals surface area contributed by atoms with Gasteiger partial charge in [0.25, 0.3) is 0 Å². The third kappa shape index (κ3) is 5.65. The number of nitrogens with zero attached hydrogens (tertiary/aromatic N) is 2. The van der Waals surface area contributed by atoms with Gasteiger partial charge in [0.15, 0.2) is 5.71 Å². The normalized spacial score (nSPS) is 18.8. The topological polar surface area (TPSA) is 68.2 Å². The van der Waals surface area contributed by atoms with Crippen LogP contribution >= 0.6 is 0 Å². The van der Waals surface area contributed by atoms with E-state index in [1.54, 1.807) is 0 Å². The second-order valence-electron chi connectivity index (χ2n) is 10.1. The molecule has 1 amide bonds. The average Bonchev–Trinajstić information content (AvgIpc) is 3.14. The molecule has 1 aliphatic rings. The fourth-order valence-corrected chi connectivity index (χ4v) is 6.08. The fraction of sp³-hybridized carbons (Fsp3) is 0.400. The molecule has 32 heavy (non-hydrogen) atoms. The van der Waals surface area contributed by atoms with Crippen LogP contribution in [0.15, 0.2) is 65.8 Å². The van der Waals surface area contributed by atoms with Gasteiger partial charge in [0.1, 0.15) is 12.2 Å². The summed E-state index contributed by atoms with van der Waals surface area (Å²) in [6.07, 6.45) is -0.555. The molecular weight excluding hydrogens is 420 g/mol. The molecule has 0 saturated carbocycles. The lowest BCUT2D eigenvalue weighted by atomic mass is 9.94. The maximum absolute atomic E-state index is 13.2. The Morgan fingerprint density at radius 3 is 2.06 bits per heavy atom. The molecule has 0 aromatic heterocycles. The zero-order chi connectivity index (χ0) is 23.5. The highest BCUT2D eigenvalue weighted by Crippen LogP contribution is 2.38. The largest absolute Gasteiger partial charge is 0.455 e. The summed E-state index contributed by atoms with van der Waals surface area (Å²) in [6, 6.07) is 19.2. The van der Waals surface area contributed by atoms with Gasteiger partial charge in [0, 0.05) is 0 Å². The van der Waals surface area contributed by atoms with Crippen molar-refractivity contribution in [3.05, 3.63) is 71.8 Å². The number of carbonyl (C=O) groups excluding carboxylic acids is 2. The fourth-order valence-electron chi connectivity index (χ4n) is 3.84. The second kappa shape index (κ2) is 9.28. The zero-order valence-electron chi connectivity index (χ0n) is 19.7. The van der Waals surface area contributed by atoms with Crippen molar-refractivity contribution in [2.45, 2.75) is 64.2 Å². The SMILES string of the molecule is CC(C)(C)OC(=O)C1=NN(C(=O)OCc2ccccc2)[C@H]([Si](C)(C)C)[C@@H]1c1ccccc1. The van der Waals surface area contributed by atoms with E-state index < -0.39 is 25.7 Å². The van der Waals surface area contributed by atoms with E-state index in [0.29, 0.717) is 0 Å². The number of carbonyl (C=O) groups is 2. The van der Waals surface area contributed by atoms with E-state index in [2.05, 4.69) is 24.7 Å². The van der Waals surface area contributed by atoms with Gasteiger partial charge in [0.05, 0.1) is 19.7 Å². The first-order chi connectivity index (χ1) is 15.0. The molecule has 170 valence electrons. The molecule has 7 heteroatoms. The average molecular weight is 453 g/mol. The number of benzene rings is 2. The smallest absolute Gasteiger partial charge is 0.430 e. The van der Waals surface area contributed by atoms with Crippen molar-refractivity contribution in [3.8, 4) is 0 Å². The van der Waals surface area contributed by atoms with Crippen molar-refractivity contribution in [1.82, 2.24) is 5.01 Å². The highest BCUT2D eigenvalue weighted by Gasteiger charge is 2.51. The minimum Gasteiger partial charge on any atom is -0.455 e. The van der Waals surface area contributed by atoms with Gasteiger partial charge in [-0.1, -0.05) is 80.3 Å². The van der Waals surface area contributed by atoms with Gasteiger partial charge in [-0.05, 0) is 31.9 Å². The van der Waals surface area contributed by atoms with E-state index in [0.717, 1.165) is 11.1 Å². The summed E-state index contributed by atoms with van der Waals surface area (Å²) in [5.74, 6) is -0.880. The quantitative estimate of drug-likeness (QED) is 0.452. The Hall–Kier alpha value is -2.93. The molecule has 0 bridgehead atoms. The van der Waals surface area contributed by atoms with Crippen LogP contribution in [0.3, 0.4) is 0 Å². The van der Waals surface area contributed by atoms with Crippen LogP contribution in [0.1, 0.15) is 37.8 Å². The van der Waals surface area contributed by atoms with Gasteiger partial charge >= 0.3 is 12.1 Å². The van der Waals surface area contributed by atoms with Crippen LogP contribution in [0.25, 0.3) is 0 Å². The number of esters is 1. The van der Waals surface area contributed by atoms with Crippen molar-refractivity contribution in [3.63, 3.8) is 0 Å². The molecule has 3 rings (SSSR count). The number of hydrogen-bond acceptors (Lipinski definition) is 5. The summed E-state index contributed by atoms with van der Waals surface area (Å²) in [5.41, 5.74) is 1.12. The van der Waals surface area contributed by atoms with Crippen LogP contribution in [-0.2, 0) is 20.9 Å². The van der Waals surface area contributed by atoms with E-state index in [9.17, 15) is 9.59 Å². The Bertz CT molecular complexity index is 978. The minimum absolute atomic E-state index is 0.141. The van der Waals surface area contributed by atoms with E-state index in [1.165, 1.54) is 5.01 Å². The van der Waals surface area contributed by atoms with Gasteiger partial charge in [-0.15, -0.1) is 0 Å². The first-order valence-electron chi connectivity index (χ1n) is 10.8. The zero-order valence-corrected chi connectivity index (χ0v) is 20.7. The number of amides is 1. The highest BCUT2D eigenvalue weighted by atomic mass is 28.3. The van der Waals surface area contributed by atoms with Crippen LogP contribution in [0.4, 0.5) is 4.79 Å². The molecule has 1 aliphatic heterocycles. The van der Waals surface area contributed by atoms with Crippen LogP contribution < -0.4 is 0 Å². The predicted molar refractivity (Wildman–Crippen MR) is 128 cm³/mol. The van der Waals surface area contributed by atoms with E-state index in [-0.39, 0.29) is 23.9 Å². The van der Waals surface area contributed by atoms with Gasteiger partial charge in [0.2, 0.25) is 0 Å². The molecule has 2 atom stereocenters. The van der Waals surface area contributed by atoms with Crippen LogP contribution in [-0.4, -0.2) is 42.1 Å². The molecule has 0 fully saturated rings. The number of rotatable bonds is 5. The Morgan fingerprint density at radius 1 is 0.969 bits per heavy atom. The lowest BCUT2D eigenvalue weighted by molar-refractivity contribution is -0.146. The van der Waals surface area contributed by atoms with Crippen molar-refractivity contribution in [1.29, 1.82) is 0 Å². The lowest BCUT2D eigenvalue weighted by Gasteiger charge is -2.35. The summed E-state index contributed by atoms with van der Waals surface area (Å²) in [6.45, 7) is 12.1. The van der Waals surface area contributed by atoms with Crippen LogP contribution in [0.2, 0.25) is 19.6 Å². The minimum atomic E-state index is -2.05. The second-order valence-corrected chi connectivity index (χ2v) is 15.4. The Labute approximate surface area is 191 Å². The standard InChI is InChI=1S/C25H32N2O4Si/c1-25(2,3)31-23(28)21-20(19-15-11-8-12-16-19)22(32(4,5)6)27(26-21)24(29)30-17-18-13-9-7-10-14-18/h7-16,20,22H,17H2,1-6H3/t20-,22-/m1/s1. The molecule has 0 unspecified atom stereocenters. The van der Waals surface area contributed by atoms with Gasteiger partial charge < -0.3 is 9.47 Å². The number of ether oxygens (including phenoxy) is 2. The third-order valence-electron chi connectivity index (χ3n) is 5.14. The molecular formula is C25H32N2O4Si. The van der Waals surface area contributed by atoms with Crippen LogP contribution in [0, 0.1) is 0 Å². The third-order valence-corrected chi connectivity index (χ3v) is 7.49. The van der Waals surface area contributed by atoms with Crippen molar-refractivity contribution in [2.75, 3.05) is 0 Å². The molecule has 1 heterocycles. The monoisotopic (exact) mass is 452 g/mol.